The summed E-state index contributed by atoms with van der Waals surface area (Å²) in [7, 11) is 0. The number of nitrogens with one attached hydrogen (secondary N) is 2. The Morgan fingerprint density at radius 2 is 2.00 bits per heavy atom. The first kappa shape index (κ1) is 8.17. The molecule has 0 saturated carbocycles. The highest BCUT2D eigenvalue weighted by Crippen LogP contribution is 2.38. The van der Waals surface area contributed by atoms with Crippen molar-refractivity contribution in [2.75, 3.05) is 0 Å². The summed E-state index contributed by atoms with van der Waals surface area (Å²) in [6.07, 6.45) is 1.82. The predicted molar refractivity (Wildman–Crippen MR) is 59.7 cm³/mol. The monoisotopic (exact) mass is 195 g/mol. The highest BCUT2D eigenvalue weighted by Gasteiger charge is 2.12. The maximum Gasteiger partial charge on any atom is 0.0958 e. The molecule has 3 rings (SSSR count). The van der Waals surface area contributed by atoms with Gasteiger partial charge in [0.15, 0.2) is 0 Å². The number of benzene rings is 1. The molecule has 0 radical (unpaired) electrons. The molecule has 1 aromatic rings. The molecule has 1 aliphatic carbocycles. The highest BCUT2D eigenvalue weighted by molar-refractivity contribution is 6.03. The Kier molecular flexibility index (Phi) is 1.59. The minimum absolute atomic E-state index is 0.708. The van der Waals surface area contributed by atoms with Gasteiger partial charge in [-0.15, -0.1) is 0 Å². The van der Waals surface area contributed by atoms with Gasteiger partial charge in [-0.25, -0.2) is 5.53 Å². The van der Waals surface area contributed by atoms with E-state index in [1.54, 1.807) is 0 Å². The van der Waals surface area contributed by atoms with Crippen LogP contribution in [0.3, 0.4) is 0 Å². The van der Waals surface area contributed by atoms with E-state index in [2.05, 4.69) is 28.3 Å². The van der Waals surface area contributed by atoms with Crippen LogP contribution in [-0.2, 0) is 0 Å². The standard InChI is InChI=1S/C12H9N3/c13-15-11-5-6-14-12-9-4-2-1-3-8(9)7-10(11)12/h1-7,13-14H. The molecular formula is C12H9N3. The fourth-order valence-electron chi connectivity index (χ4n) is 1.97. The SMILES string of the molecule is N=Nc1cc[nH]c2c3ccccc3cc1-2. The van der Waals surface area contributed by atoms with Crippen LogP contribution in [0.15, 0.2) is 47.7 Å². The van der Waals surface area contributed by atoms with Gasteiger partial charge in [0.05, 0.1) is 11.4 Å². The number of aromatic nitrogens is 1. The Hall–Kier alpha value is -2.16. The van der Waals surface area contributed by atoms with E-state index in [0.29, 0.717) is 5.69 Å². The first-order valence-corrected chi connectivity index (χ1v) is 4.76. The van der Waals surface area contributed by atoms with Gasteiger partial charge in [0.2, 0.25) is 0 Å². The number of aromatic amines is 1. The number of hydrogen-bond donors (Lipinski definition) is 2. The third-order valence-corrected chi connectivity index (χ3v) is 2.66. The van der Waals surface area contributed by atoms with Crippen molar-refractivity contribution in [1.82, 2.24) is 4.98 Å². The Bertz CT molecular complexity index is 609. The van der Waals surface area contributed by atoms with Gasteiger partial charge < -0.3 is 4.98 Å². The molecule has 15 heavy (non-hydrogen) atoms. The van der Waals surface area contributed by atoms with Crippen LogP contribution in [0.2, 0.25) is 0 Å². The van der Waals surface area contributed by atoms with Crippen LogP contribution in [-0.4, -0.2) is 4.98 Å². The van der Waals surface area contributed by atoms with Crippen molar-refractivity contribution in [2.45, 2.75) is 0 Å². The van der Waals surface area contributed by atoms with E-state index in [1.165, 1.54) is 10.8 Å². The van der Waals surface area contributed by atoms with Gasteiger partial charge in [-0.2, -0.15) is 5.11 Å². The number of fused-ring (bicyclic) bond motifs is 3. The second-order valence-corrected chi connectivity index (χ2v) is 3.49. The van der Waals surface area contributed by atoms with Gasteiger partial charge in [-0.05, 0) is 17.5 Å². The summed E-state index contributed by atoms with van der Waals surface area (Å²) in [5.41, 5.74) is 9.88. The Morgan fingerprint density at radius 3 is 2.87 bits per heavy atom. The van der Waals surface area contributed by atoms with Gasteiger partial charge >= 0.3 is 0 Å². The Morgan fingerprint density at radius 1 is 1.13 bits per heavy atom. The molecule has 0 amide bonds. The van der Waals surface area contributed by atoms with E-state index >= 15 is 0 Å². The average Bonchev–Trinajstić information content (AvgIpc) is 2.67. The summed E-state index contributed by atoms with van der Waals surface area (Å²) in [4.78, 5) is 3.21. The van der Waals surface area contributed by atoms with E-state index < -0.39 is 0 Å². The van der Waals surface area contributed by atoms with Crippen molar-refractivity contribution in [3.8, 4) is 11.3 Å². The lowest BCUT2D eigenvalue weighted by Gasteiger charge is -2.01. The molecule has 1 aliphatic heterocycles. The molecule has 1 aromatic carbocycles. The van der Waals surface area contributed by atoms with Crippen LogP contribution in [0.1, 0.15) is 0 Å². The maximum absolute atomic E-state index is 7.11. The molecule has 0 fully saturated rings. The van der Waals surface area contributed by atoms with Crippen molar-refractivity contribution in [1.29, 1.82) is 5.53 Å². The molecule has 3 heteroatoms. The quantitative estimate of drug-likeness (QED) is 0.553. The zero-order chi connectivity index (χ0) is 10.3. The second kappa shape index (κ2) is 2.92. The van der Waals surface area contributed by atoms with Crippen molar-refractivity contribution < 1.29 is 0 Å². The molecule has 1 heterocycles. The first-order chi connectivity index (χ1) is 7.40. The second-order valence-electron chi connectivity index (χ2n) is 3.49. The maximum atomic E-state index is 7.11. The van der Waals surface area contributed by atoms with E-state index in [-0.39, 0.29) is 0 Å². The Balaban J connectivity index is 2.50. The van der Waals surface area contributed by atoms with Crippen LogP contribution in [0.4, 0.5) is 5.69 Å². The van der Waals surface area contributed by atoms with Gasteiger partial charge in [-0.3, -0.25) is 0 Å². The number of H-pyrrole nitrogens is 1. The zero-order valence-corrected chi connectivity index (χ0v) is 7.99. The van der Waals surface area contributed by atoms with Crippen molar-refractivity contribution in [3.63, 3.8) is 0 Å². The number of pyridine rings is 1. The summed E-state index contributed by atoms with van der Waals surface area (Å²) < 4.78 is 0. The summed E-state index contributed by atoms with van der Waals surface area (Å²) in [6, 6.07) is 12.0. The van der Waals surface area contributed by atoms with E-state index in [4.69, 9.17) is 5.53 Å². The largest absolute Gasteiger partial charge is 0.361 e. The van der Waals surface area contributed by atoms with Crippen LogP contribution in [0.5, 0.6) is 0 Å². The summed E-state index contributed by atoms with van der Waals surface area (Å²) in [5, 5.41) is 5.88. The summed E-state index contributed by atoms with van der Waals surface area (Å²) >= 11 is 0. The normalized spacial score (nSPS) is 10.9. The highest BCUT2D eigenvalue weighted by atomic mass is 15.0. The predicted octanol–water partition coefficient (Wildman–Crippen LogP) is 3.94. The van der Waals surface area contributed by atoms with Crippen molar-refractivity contribution in [2.24, 2.45) is 5.11 Å². The van der Waals surface area contributed by atoms with Gasteiger partial charge in [0.25, 0.3) is 0 Å². The van der Waals surface area contributed by atoms with Gasteiger partial charge in [0, 0.05) is 17.1 Å². The molecule has 0 spiro atoms. The molecule has 0 atom stereocenters. The van der Waals surface area contributed by atoms with Crippen LogP contribution in [0, 0.1) is 5.53 Å². The van der Waals surface area contributed by atoms with Crippen LogP contribution < -0.4 is 0 Å². The minimum Gasteiger partial charge on any atom is -0.361 e. The zero-order valence-electron chi connectivity index (χ0n) is 7.99. The van der Waals surface area contributed by atoms with E-state index in [1.807, 2.05) is 24.4 Å². The fourth-order valence-corrected chi connectivity index (χ4v) is 1.97. The third-order valence-electron chi connectivity index (χ3n) is 2.66. The van der Waals surface area contributed by atoms with Crippen LogP contribution >= 0.6 is 0 Å². The summed E-state index contributed by atoms with van der Waals surface area (Å²) in [5.74, 6) is 0. The lowest BCUT2D eigenvalue weighted by Crippen LogP contribution is -1.79. The van der Waals surface area contributed by atoms with Crippen LogP contribution in [0.25, 0.3) is 22.0 Å². The molecule has 3 nitrogen and oxygen atoms in total. The number of rotatable bonds is 1. The molecule has 2 aliphatic rings. The smallest absolute Gasteiger partial charge is 0.0958 e. The molecule has 2 N–H and O–H groups in total. The summed E-state index contributed by atoms with van der Waals surface area (Å²) in [6.45, 7) is 0. The average molecular weight is 195 g/mol. The van der Waals surface area contributed by atoms with E-state index in [9.17, 15) is 0 Å². The van der Waals surface area contributed by atoms with Gasteiger partial charge in [0.1, 0.15) is 0 Å². The molecule has 72 valence electrons. The molecule has 0 bridgehead atoms. The fraction of sp³-hybridized carbons (Fsp3) is 0. The molecule has 0 saturated heterocycles. The molecular weight excluding hydrogens is 186 g/mol. The lowest BCUT2D eigenvalue weighted by molar-refractivity contribution is 1.14. The van der Waals surface area contributed by atoms with Crippen molar-refractivity contribution in [3.05, 3.63) is 42.6 Å². The first-order valence-electron chi connectivity index (χ1n) is 4.76. The minimum atomic E-state index is 0.708. The third kappa shape index (κ3) is 1.06. The Labute approximate surface area is 86.6 Å². The van der Waals surface area contributed by atoms with E-state index in [0.717, 1.165) is 11.3 Å². The lowest BCUT2D eigenvalue weighted by atomic mass is 10.1. The van der Waals surface area contributed by atoms with Gasteiger partial charge in [-0.1, -0.05) is 24.3 Å². The molecule has 0 unspecified atom stereocenters. The van der Waals surface area contributed by atoms with Crippen molar-refractivity contribution >= 4 is 16.5 Å². The topological polar surface area (TPSA) is 52.0 Å². The number of hydrogen-bond acceptors (Lipinski definition) is 2. The molecule has 0 aromatic heterocycles. The number of nitrogens with zero attached hydrogens (tertiary/aromatic N) is 1.